The first-order valence-electron chi connectivity index (χ1n) is 25.9. The van der Waals surface area contributed by atoms with Gasteiger partial charge in [-0.2, -0.15) is 5.01 Å². The Morgan fingerprint density at radius 2 is 1.00 bits per heavy atom. The maximum atomic E-state index is 13.2. The van der Waals surface area contributed by atoms with Gasteiger partial charge in [-0.15, -0.1) is 0 Å². The third-order valence-corrected chi connectivity index (χ3v) is 11.3. The summed E-state index contributed by atoms with van der Waals surface area (Å²) < 4.78 is 48.9. The van der Waals surface area contributed by atoms with Gasteiger partial charge < -0.3 is 63.1 Å². The Labute approximate surface area is 504 Å². The van der Waals surface area contributed by atoms with Crippen molar-refractivity contribution < 1.29 is 90.8 Å². The molecule has 4 N–H and O–H groups in total. The van der Waals surface area contributed by atoms with Crippen LogP contribution in [0.15, 0.2) is 0 Å². The monoisotopic (exact) mass is 1280 g/mol. The summed E-state index contributed by atoms with van der Waals surface area (Å²) in [4.78, 5) is 98.4. The highest BCUT2D eigenvalue weighted by molar-refractivity contribution is 6.68. The number of nitrogens with one attached hydrogen (secondary N) is 3. The molecule has 4 aliphatic heterocycles. The molecule has 0 bridgehead atoms. The van der Waals surface area contributed by atoms with E-state index in [1.54, 1.807) is 83.1 Å². The molecule has 0 aromatic heterocycles. The van der Waals surface area contributed by atoms with Crippen LogP contribution in [0.4, 0.5) is 19.2 Å². The minimum atomic E-state index is -1.80. The number of alkyl halides is 6. The van der Waals surface area contributed by atoms with Crippen LogP contribution in [0.3, 0.4) is 0 Å². The van der Waals surface area contributed by atoms with Gasteiger partial charge in [-0.05, 0) is 109 Å². The molecule has 0 radical (unpaired) electrons. The van der Waals surface area contributed by atoms with Gasteiger partial charge in [-0.25, -0.2) is 39.2 Å². The minimum absolute atomic E-state index is 0.0605. The van der Waals surface area contributed by atoms with E-state index < -0.39 is 116 Å². The molecule has 0 aromatic carbocycles. The lowest BCUT2D eigenvalue weighted by molar-refractivity contribution is -0.161. The average Bonchev–Trinajstić information content (AvgIpc) is 3.27. The third-order valence-electron chi connectivity index (χ3n) is 10.6. The number of aliphatic carboxylic acids is 1. The van der Waals surface area contributed by atoms with E-state index in [-0.39, 0.29) is 37.0 Å². The highest BCUT2D eigenvalue weighted by atomic mass is 35.6. The molecule has 468 valence electrons. The largest absolute Gasteiger partial charge is 0.480 e. The van der Waals surface area contributed by atoms with Crippen LogP contribution in [-0.2, 0) is 66.5 Å². The van der Waals surface area contributed by atoms with Crippen LogP contribution in [0.25, 0.3) is 0 Å². The first-order valence-corrected chi connectivity index (χ1v) is 28.2. The molecule has 4 saturated heterocycles. The molecule has 0 aromatic rings. The molecule has 4 atom stereocenters. The maximum Gasteiger partial charge on any atom is 0.430 e. The summed E-state index contributed by atoms with van der Waals surface area (Å²) in [6.07, 6.45) is -1.54. The molecular formula is C50H82Cl6N6O19. The summed E-state index contributed by atoms with van der Waals surface area (Å²) in [7, 11) is 0. The molecule has 4 aliphatic rings. The zero-order valence-corrected chi connectivity index (χ0v) is 53.1. The average molecular weight is 1280 g/mol. The van der Waals surface area contributed by atoms with Crippen molar-refractivity contribution in [2.75, 3.05) is 79.2 Å². The number of carbonyl (C=O) groups is 8. The number of carbonyl (C=O) groups excluding carboxylic acids is 7. The van der Waals surface area contributed by atoms with E-state index in [0.29, 0.717) is 65.4 Å². The fourth-order valence-electron chi connectivity index (χ4n) is 7.05. The van der Waals surface area contributed by atoms with Gasteiger partial charge in [0.05, 0.1) is 52.9 Å². The van der Waals surface area contributed by atoms with Crippen LogP contribution in [0, 0.1) is 10.8 Å². The highest BCUT2D eigenvalue weighted by Crippen LogP contribution is 2.31. The van der Waals surface area contributed by atoms with Crippen LogP contribution in [-0.4, -0.2) is 202 Å². The number of carboxylic acids is 1. The van der Waals surface area contributed by atoms with Crippen LogP contribution in [0.2, 0.25) is 0 Å². The van der Waals surface area contributed by atoms with E-state index in [4.69, 9.17) is 122 Å². The zero-order valence-electron chi connectivity index (χ0n) is 48.5. The lowest BCUT2D eigenvalue weighted by atomic mass is 9.90. The van der Waals surface area contributed by atoms with Crippen molar-refractivity contribution in [2.45, 2.75) is 177 Å². The van der Waals surface area contributed by atoms with Gasteiger partial charge in [0, 0.05) is 23.9 Å². The van der Waals surface area contributed by atoms with Gasteiger partial charge in [0.1, 0.15) is 47.7 Å². The predicted molar refractivity (Wildman–Crippen MR) is 298 cm³/mol. The Kier molecular flexibility index (Phi) is 28.2. The van der Waals surface area contributed by atoms with Crippen LogP contribution < -0.4 is 16.1 Å². The normalized spacial score (nSPS) is 19.8. The molecule has 4 rings (SSSR count). The molecule has 81 heavy (non-hydrogen) atoms. The van der Waals surface area contributed by atoms with Gasteiger partial charge in [0.15, 0.2) is 12.1 Å². The summed E-state index contributed by atoms with van der Waals surface area (Å²) in [6.45, 7) is 26.9. The Morgan fingerprint density at radius 1 is 0.593 bits per heavy atom. The molecule has 0 saturated carbocycles. The van der Waals surface area contributed by atoms with Gasteiger partial charge >= 0.3 is 42.3 Å². The second-order valence-corrected chi connectivity index (χ2v) is 29.3. The summed E-state index contributed by atoms with van der Waals surface area (Å²) in [5, 5.41) is 17.1. The number of rotatable bonds is 16. The number of hydrogen-bond donors (Lipinski definition) is 4. The van der Waals surface area contributed by atoms with Crippen molar-refractivity contribution in [3.8, 4) is 0 Å². The SMILES string of the molecule is CC(C)(C)OC(=O)N1CCC[C@@H](C(=O)OCC(Cl)(Cl)Cl)N1C(=O)OC(C)(C)C.CC1(COC[C@H](NC(=O)OC(C)(C)C)C(=O)N2CCC[C@@H](C(=O)OCC(Cl)(Cl)Cl)N2)COC1.CC1(COC[C@H](NC(=O)OC(C)(C)C)C(=O)O)COC1. The fourth-order valence-corrected chi connectivity index (χ4v) is 7.38. The fraction of sp³-hybridized carbons (Fsp3) is 0.840. The van der Waals surface area contributed by atoms with E-state index >= 15 is 0 Å². The first-order chi connectivity index (χ1) is 36.8. The molecule has 0 aliphatic carbocycles. The Hall–Kier alpha value is -3.50. The van der Waals surface area contributed by atoms with Crippen LogP contribution >= 0.6 is 69.6 Å². The van der Waals surface area contributed by atoms with Crippen LogP contribution in [0.5, 0.6) is 0 Å². The Bertz CT molecular complexity index is 2120. The number of ether oxygens (including phenoxy) is 10. The summed E-state index contributed by atoms with van der Waals surface area (Å²) >= 11 is 33.7. The highest BCUT2D eigenvalue weighted by Gasteiger charge is 2.45. The number of hydrazine groups is 2. The lowest BCUT2D eigenvalue weighted by Gasteiger charge is -2.42. The quantitative estimate of drug-likeness (QED) is 0.0650. The molecule has 25 nitrogen and oxygen atoms in total. The van der Waals surface area contributed by atoms with E-state index in [1.165, 1.54) is 5.01 Å². The van der Waals surface area contributed by atoms with Gasteiger partial charge in [0.25, 0.3) is 5.91 Å². The van der Waals surface area contributed by atoms with E-state index in [9.17, 15) is 38.4 Å². The number of esters is 2. The Balaban J connectivity index is 0.000000428. The second-order valence-electron chi connectivity index (χ2n) is 24.2. The second kappa shape index (κ2) is 31.1. The van der Waals surface area contributed by atoms with Crippen molar-refractivity contribution in [2.24, 2.45) is 10.8 Å². The summed E-state index contributed by atoms with van der Waals surface area (Å²) in [5.41, 5.74) is -0.408. The van der Waals surface area contributed by atoms with Gasteiger partial charge in [-0.1, -0.05) is 83.5 Å². The number of halogens is 6. The molecule has 0 unspecified atom stereocenters. The number of hydrogen-bond acceptors (Lipinski definition) is 19. The summed E-state index contributed by atoms with van der Waals surface area (Å²) in [6, 6.07) is -4.09. The van der Waals surface area contributed by atoms with Crippen molar-refractivity contribution in [3.63, 3.8) is 0 Å². The zero-order chi connectivity index (χ0) is 62.2. The van der Waals surface area contributed by atoms with Crippen LogP contribution in [0.1, 0.15) is 123 Å². The topological polar surface area (TPSA) is 295 Å². The maximum absolute atomic E-state index is 13.2. The third kappa shape index (κ3) is 30.2. The Morgan fingerprint density at radius 3 is 1.41 bits per heavy atom. The first kappa shape index (κ1) is 73.6. The van der Waals surface area contributed by atoms with Crippen molar-refractivity contribution >= 4 is 118 Å². The number of nitrogens with zero attached hydrogens (tertiary/aromatic N) is 3. The molecular weight excluding hydrogens is 1200 g/mol. The van der Waals surface area contributed by atoms with Crippen molar-refractivity contribution in [1.29, 1.82) is 0 Å². The molecule has 0 spiro atoms. The number of amides is 5. The molecule has 4 fully saturated rings. The predicted octanol–water partition coefficient (Wildman–Crippen LogP) is 7.81. The van der Waals surface area contributed by atoms with Gasteiger partial charge in [0.2, 0.25) is 7.59 Å². The van der Waals surface area contributed by atoms with Gasteiger partial charge in [-0.3, -0.25) is 14.6 Å². The number of alkyl carbamates (subject to hydrolysis) is 2. The van der Waals surface area contributed by atoms with Crippen molar-refractivity contribution in [1.82, 2.24) is 31.1 Å². The van der Waals surface area contributed by atoms with Crippen molar-refractivity contribution in [3.05, 3.63) is 0 Å². The standard InChI is InChI=1S/C20H32Cl3N3O7.C17H27Cl3N2O6.C13H23NO6/c1-18(2,3)33-17(29)24-14(8-30-9-19(4)10-31-11-19)15(27)26-7-5-6-13(25-26)16(28)32-12-20(21,22)23;1-15(2,3)27-13(24)21-9-7-8-11(12(23)26-10-17(18,19)20)22(21)14(25)28-16(4,5)6;1-12(2,3)20-11(17)14-9(10(15)16)5-18-6-13(4)7-19-8-13/h13-14,25H,5-12H2,1-4H3,(H,24,29);11H,7-10H2,1-6H3;9H,5-8H2,1-4H3,(H,14,17)(H,15,16)/t13-,14-;11-;9-/m000/s1. The molecule has 4 heterocycles. The smallest absolute Gasteiger partial charge is 0.430 e. The van der Waals surface area contributed by atoms with E-state index in [2.05, 4.69) is 16.1 Å². The van der Waals surface area contributed by atoms with E-state index in [0.717, 1.165) is 10.0 Å². The molecule has 31 heteroatoms. The molecule has 5 amide bonds. The van der Waals surface area contributed by atoms with E-state index in [1.807, 2.05) is 13.8 Å². The summed E-state index contributed by atoms with van der Waals surface area (Å²) in [5.74, 6) is -3.10. The lowest BCUT2D eigenvalue weighted by Crippen LogP contribution is -2.61. The minimum Gasteiger partial charge on any atom is -0.480 e. The number of carboxylic acid groups (broad SMARTS) is 1.